The van der Waals surface area contributed by atoms with Gasteiger partial charge in [0.2, 0.25) is 0 Å². The van der Waals surface area contributed by atoms with Crippen molar-refractivity contribution < 1.29 is 4.74 Å². The summed E-state index contributed by atoms with van der Waals surface area (Å²) in [6.45, 7) is 7.99. The van der Waals surface area contributed by atoms with Crippen LogP contribution in [0.25, 0.3) is 0 Å². The zero-order valence-corrected chi connectivity index (χ0v) is 12.2. The molecule has 0 saturated heterocycles. The van der Waals surface area contributed by atoms with Crippen molar-refractivity contribution in [1.82, 2.24) is 4.90 Å². The molecule has 0 bridgehead atoms. The lowest BCUT2D eigenvalue weighted by molar-refractivity contribution is 0.101. The summed E-state index contributed by atoms with van der Waals surface area (Å²) in [6.07, 6.45) is 3.72. The van der Waals surface area contributed by atoms with Crippen LogP contribution < -0.4 is 5.73 Å². The van der Waals surface area contributed by atoms with Gasteiger partial charge in [-0.15, -0.1) is 0 Å². The molecule has 0 aliphatic heterocycles. The summed E-state index contributed by atoms with van der Waals surface area (Å²) in [5.74, 6) is 0.855. The Labute approximate surface area is 111 Å². The van der Waals surface area contributed by atoms with E-state index in [1.54, 1.807) is 0 Å². The highest BCUT2D eigenvalue weighted by molar-refractivity contribution is 7.80. The first-order chi connectivity index (χ1) is 7.92. The summed E-state index contributed by atoms with van der Waals surface area (Å²) in [4.78, 5) is 2.89. The molecule has 1 aliphatic rings. The van der Waals surface area contributed by atoms with E-state index in [0.717, 1.165) is 38.6 Å². The number of hydrogen-bond donors (Lipinski definition) is 1. The second-order valence-corrected chi connectivity index (χ2v) is 6.26. The summed E-state index contributed by atoms with van der Waals surface area (Å²) in [5.41, 5.74) is 5.66. The fourth-order valence-corrected chi connectivity index (χ4v) is 1.56. The molecule has 1 fully saturated rings. The fourth-order valence-electron chi connectivity index (χ4n) is 1.46. The molecular weight excluding hydrogens is 232 g/mol. The molecule has 1 rings (SSSR count). The Kier molecular flexibility index (Phi) is 5.83. The van der Waals surface area contributed by atoms with Crippen molar-refractivity contribution in [3.63, 3.8) is 0 Å². The number of ether oxygens (including phenoxy) is 1. The average Bonchev–Trinajstić information content (AvgIpc) is 3.05. The molecule has 0 heterocycles. The van der Waals surface area contributed by atoms with Crippen molar-refractivity contribution in [3.8, 4) is 0 Å². The van der Waals surface area contributed by atoms with Crippen molar-refractivity contribution in [3.05, 3.63) is 0 Å². The third-order valence-corrected chi connectivity index (χ3v) is 4.01. The summed E-state index contributed by atoms with van der Waals surface area (Å²) in [7, 11) is 2.12. The largest absolute Gasteiger partial charge is 0.393 e. The van der Waals surface area contributed by atoms with Crippen molar-refractivity contribution >= 4 is 17.2 Å². The van der Waals surface area contributed by atoms with E-state index in [4.69, 9.17) is 22.7 Å². The number of rotatable bonds is 9. The maximum atomic E-state index is 5.71. The van der Waals surface area contributed by atoms with E-state index in [-0.39, 0.29) is 5.41 Å². The smallest absolute Gasteiger partial charge is 0.0784 e. The van der Waals surface area contributed by atoms with Gasteiger partial charge in [0.05, 0.1) is 11.6 Å². The maximum Gasteiger partial charge on any atom is 0.0784 e. The molecule has 0 aromatic carbocycles. The Balaban J connectivity index is 2.03. The zero-order valence-electron chi connectivity index (χ0n) is 11.4. The van der Waals surface area contributed by atoms with E-state index < -0.39 is 0 Å². The second kappa shape index (κ2) is 6.66. The highest BCUT2D eigenvalue weighted by atomic mass is 32.1. The predicted molar refractivity (Wildman–Crippen MR) is 76.2 cm³/mol. The summed E-state index contributed by atoms with van der Waals surface area (Å²) in [6, 6.07) is 0. The van der Waals surface area contributed by atoms with E-state index in [0.29, 0.717) is 4.99 Å². The Morgan fingerprint density at radius 2 is 2.06 bits per heavy atom. The monoisotopic (exact) mass is 258 g/mol. The third kappa shape index (κ3) is 6.34. The van der Waals surface area contributed by atoms with E-state index >= 15 is 0 Å². The molecule has 1 saturated carbocycles. The predicted octanol–water partition coefficient (Wildman–Crippen LogP) is 2.05. The van der Waals surface area contributed by atoms with Crippen LogP contribution in [0.5, 0.6) is 0 Å². The van der Waals surface area contributed by atoms with Crippen molar-refractivity contribution in [2.24, 2.45) is 17.1 Å². The molecule has 0 amide bonds. The van der Waals surface area contributed by atoms with Crippen molar-refractivity contribution in [2.75, 3.05) is 33.4 Å². The molecule has 0 aromatic heterocycles. The van der Waals surface area contributed by atoms with E-state index in [2.05, 4.69) is 25.8 Å². The van der Waals surface area contributed by atoms with E-state index in [1.165, 1.54) is 12.8 Å². The van der Waals surface area contributed by atoms with Crippen LogP contribution in [0.2, 0.25) is 0 Å². The maximum absolute atomic E-state index is 5.71. The Bertz CT molecular complexity index is 252. The first-order valence-corrected chi connectivity index (χ1v) is 6.89. The van der Waals surface area contributed by atoms with Crippen LogP contribution in [0.1, 0.15) is 33.1 Å². The number of nitrogens with zero attached hydrogens (tertiary/aromatic N) is 1. The standard InChI is InChI=1S/C13H26N2OS/c1-13(2,12(14)17)6-7-15(3)8-9-16-10-11-4-5-11/h11H,4-10H2,1-3H3,(H2,14,17). The van der Waals surface area contributed by atoms with Gasteiger partial charge in [0.15, 0.2) is 0 Å². The van der Waals surface area contributed by atoms with Crippen molar-refractivity contribution in [1.29, 1.82) is 0 Å². The van der Waals surface area contributed by atoms with Crippen LogP contribution in [-0.4, -0.2) is 43.2 Å². The second-order valence-electron chi connectivity index (χ2n) is 5.82. The zero-order chi connectivity index (χ0) is 12.9. The van der Waals surface area contributed by atoms with Gasteiger partial charge in [-0.2, -0.15) is 0 Å². The van der Waals surface area contributed by atoms with Gasteiger partial charge in [-0.25, -0.2) is 0 Å². The molecule has 2 N–H and O–H groups in total. The molecule has 1 aliphatic carbocycles. The van der Waals surface area contributed by atoms with Gasteiger partial charge in [-0.1, -0.05) is 26.1 Å². The van der Waals surface area contributed by atoms with Crippen molar-refractivity contribution in [2.45, 2.75) is 33.1 Å². The van der Waals surface area contributed by atoms with E-state index in [9.17, 15) is 0 Å². The van der Waals surface area contributed by atoms with Crippen LogP contribution >= 0.6 is 12.2 Å². The van der Waals surface area contributed by atoms with Crippen LogP contribution in [0.4, 0.5) is 0 Å². The minimum absolute atomic E-state index is 0.0432. The van der Waals surface area contributed by atoms with Gasteiger partial charge < -0.3 is 15.4 Å². The molecule has 0 atom stereocenters. The normalized spacial score (nSPS) is 16.5. The number of thiocarbonyl (C=S) groups is 1. The number of likely N-dealkylation sites (N-methyl/N-ethyl adjacent to an activating group) is 1. The Morgan fingerprint density at radius 1 is 1.41 bits per heavy atom. The summed E-state index contributed by atoms with van der Waals surface area (Å²) in [5, 5.41) is 0. The SMILES string of the molecule is CN(CCOCC1CC1)CCC(C)(C)C(N)=S. The van der Waals surface area contributed by atoms with Gasteiger partial charge in [0.25, 0.3) is 0 Å². The summed E-state index contributed by atoms with van der Waals surface area (Å²) >= 11 is 5.06. The molecular formula is C13H26N2OS. The lowest BCUT2D eigenvalue weighted by Crippen LogP contribution is -2.34. The lowest BCUT2D eigenvalue weighted by Gasteiger charge is -2.26. The van der Waals surface area contributed by atoms with Gasteiger partial charge in [0, 0.05) is 18.6 Å². The first kappa shape index (κ1) is 14.9. The summed E-state index contributed by atoms with van der Waals surface area (Å²) < 4.78 is 5.62. The van der Waals surface area contributed by atoms with E-state index in [1.807, 2.05) is 0 Å². The Hall–Kier alpha value is -0.190. The Morgan fingerprint density at radius 3 is 2.59 bits per heavy atom. The van der Waals surface area contributed by atoms with Gasteiger partial charge in [-0.3, -0.25) is 0 Å². The minimum atomic E-state index is -0.0432. The quantitative estimate of drug-likeness (QED) is 0.507. The van der Waals surface area contributed by atoms with Crippen LogP contribution in [0.15, 0.2) is 0 Å². The third-order valence-electron chi connectivity index (χ3n) is 3.45. The number of hydrogen-bond acceptors (Lipinski definition) is 3. The minimum Gasteiger partial charge on any atom is -0.393 e. The fraction of sp³-hybridized carbons (Fsp3) is 0.923. The highest BCUT2D eigenvalue weighted by Crippen LogP contribution is 2.28. The molecule has 100 valence electrons. The molecule has 0 spiro atoms. The van der Waals surface area contributed by atoms with Crippen LogP contribution in [-0.2, 0) is 4.74 Å². The van der Waals surface area contributed by atoms with Gasteiger partial charge in [-0.05, 0) is 38.8 Å². The molecule has 0 radical (unpaired) electrons. The topological polar surface area (TPSA) is 38.5 Å². The molecule has 3 nitrogen and oxygen atoms in total. The average molecular weight is 258 g/mol. The molecule has 0 aromatic rings. The molecule has 17 heavy (non-hydrogen) atoms. The van der Waals surface area contributed by atoms with Gasteiger partial charge >= 0.3 is 0 Å². The molecule has 0 unspecified atom stereocenters. The first-order valence-electron chi connectivity index (χ1n) is 6.48. The van der Waals surface area contributed by atoms with Crippen LogP contribution in [0.3, 0.4) is 0 Å². The lowest BCUT2D eigenvalue weighted by atomic mass is 9.89. The molecule has 4 heteroatoms. The van der Waals surface area contributed by atoms with Crippen LogP contribution in [0, 0.1) is 11.3 Å². The highest BCUT2D eigenvalue weighted by Gasteiger charge is 2.22. The number of nitrogens with two attached hydrogens (primary N) is 1. The van der Waals surface area contributed by atoms with Gasteiger partial charge in [0.1, 0.15) is 0 Å².